The summed E-state index contributed by atoms with van der Waals surface area (Å²) in [6.07, 6.45) is 3.19. The van der Waals surface area contributed by atoms with Crippen LogP contribution >= 0.6 is 11.6 Å². The van der Waals surface area contributed by atoms with Gasteiger partial charge in [0, 0.05) is 28.7 Å². The summed E-state index contributed by atoms with van der Waals surface area (Å²) in [5, 5.41) is 11.5. The molecule has 4 rings (SSSR count). The average molecular weight is 419 g/mol. The van der Waals surface area contributed by atoms with Crippen LogP contribution in [0, 0.1) is 13.8 Å². The zero-order chi connectivity index (χ0) is 21.4. The minimum Gasteiger partial charge on any atom is -0.507 e. The lowest BCUT2D eigenvalue weighted by Gasteiger charge is -2.27. The van der Waals surface area contributed by atoms with Crippen molar-refractivity contribution < 1.29 is 14.7 Å². The van der Waals surface area contributed by atoms with Gasteiger partial charge in [0.15, 0.2) is 0 Å². The fraction of sp³-hybridized carbons (Fsp3) is 0.125. The van der Waals surface area contributed by atoms with Gasteiger partial charge < -0.3 is 5.11 Å². The first-order valence-electron chi connectivity index (χ1n) is 9.42. The molecule has 5 nitrogen and oxygen atoms in total. The first kappa shape index (κ1) is 19.9. The van der Waals surface area contributed by atoms with E-state index in [1.165, 1.54) is 4.90 Å². The third-order valence-electron chi connectivity index (χ3n) is 5.19. The minimum atomic E-state index is -0.785. The first-order chi connectivity index (χ1) is 14.4. The van der Waals surface area contributed by atoms with Gasteiger partial charge >= 0.3 is 0 Å². The minimum absolute atomic E-state index is 0.0226. The maximum Gasteiger partial charge on any atom is 0.300 e. The molecule has 2 heterocycles. The molecule has 1 N–H and O–H groups in total. The van der Waals surface area contributed by atoms with E-state index in [1.54, 1.807) is 48.8 Å². The number of anilines is 1. The van der Waals surface area contributed by atoms with E-state index < -0.39 is 17.7 Å². The Kier molecular flexibility index (Phi) is 5.14. The second kappa shape index (κ2) is 7.76. The van der Waals surface area contributed by atoms with Crippen LogP contribution in [0.1, 0.15) is 28.3 Å². The molecule has 0 aliphatic carbocycles. The number of aryl methyl sites for hydroxylation is 2. The summed E-state index contributed by atoms with van der Waals surface area (Å²) in [7, 11) is 0. The highest BCUT2D eigenvalue weighted by Crippen LogP contribution is 2.43. The maximum atomic E-state index is 13.2. The van der Waals surface area contributed by atoms with Gasteiger partial charge in [0.05, 0.1) is 11.6 Å². The summed E-state index contributed by atoms with van der Waals surface area (Å²) in [6, 6.07) is 15.0. The number of aliphatic hydroxyl groups is 1. The van der Waals surface area contributed by atoms with E-state index in [1.807, 2.05) is 32.0 Å². The van der Waals surface area contributed by atoms with Crippen molar-refractivity contribution >= 4 is 34.7 Å². The number of pyridine rings is 1. The predicted molar refractivity (Wildman–Crippen MR) is 116 cm³/mol. The topological polar surface area (TPSA) is 70.5 Å². The molecule has 1 fully saturated rings. The molecule has 1 unspecified atom stereocenters. The number of nitrogens with zero attached hydrogens (tertiary/aromatic N) is 2. The van der Waals surface area contributed by atoms with Crippen molar-refractivity contribution in [3.8, 4) is 0 Å². The van der Waals surface area contributed by atoms with Crippen molar-refractivity contribution in [1.29, 1.82) is 0 Å². The molecular weight excluding hydrogens is 400 g/mol. The number of hydrogen-bond donors (Lipinski definition) is 1. The lowest BCUT2D eigenvalue weighted by molar-refractivity contribution is -0.132. The van der Waals surface area contributed by atoms with Crippen LogP contribution < -0.4 is 4.90 Å². The van der Waals surface area contributed by atoms with E-state index >= 15 is 0 Å². The molecule has 1 aromatic heterocycles. The summed E-state index contributed by atoms with van der Waals surface area (Å²) in [4.78, 5) is 31.8. The van der Waals surface area contributed by atoms with E-state index in [-0.39, 0.29) is 11.3 Å². The Labute approximate surface area is 179 Å². The third-order valence-corrected chi connectivity index (χ3v) is 5.42. The van der Waals surface area contributed by atoms with Crippen LogP contribution in [-0.2, 0) is 9.59 Å². The molecule has 0 bridgehead atoms. The van der Waals surface area contributed by atoms with Crippen molar-refractivity contribution in [2.45, 2.75) is 19.9 Å². The van der Waals surface area contributed by atoms with Crippen LogP contribution in [0.25, 0.3) is 5.76 Å². The fourth-order valence-corrected chi connectivity index (χ4v) is 3.90. The van der Waals surface area contributed by atoms with Gasteiger partial charge in [0.25, 0.3) is 11.7 Å². The monoisotopic (exact) mass is 418 g/mol. The Balaban J connectivity index is 1.99. The smallest absolute Gasteiger partial charge is 0.300 e. The number of ketones is 1. The summed E-state index contributed by atoms with van der Waals surface area (Å²) in [6.45, 7) is 3.81. The van der Waals surface area contributed by atoms with Crippen LogP contribution in [0.4, 0.5) is 5.69 Å². The normalized spacial score (nSPS) is 18.1. The van der Waals surface area contributed by atoms with Gasteiger partial charge in [-0.05, 0) is 60.9 Å². The van der Waals surface area contributed by atoms with Crippen molar-refractivity contribution in [3.63, 3.8) is 0 Å². The average Bonchev–Trinajstić information content (AvgIpc) is 3.00. The molecule has 1 saturated heterocycles. The van der Waals surface area contributed by atoms with Crippen molar-refractivity contribution in [2.75, 3.05) is 4.90 Å². The first-order valence-corrected chi connectivity index (χ1v) is 9.80. The number of rotatable bonds is 3. The molecule has 6 heteroatoms. The van der Waals surface area contributed by atoms with Crippen molar-refractivity contribution in [3.05, 3.63) is 99.8 Å². The zero-order valence-corrected chi connectivity index (χ0v) is 17.2. The van der Waals surface area contributed by atoms with E-state index in [9.17, 15) is 14.7 Å². The summed E-state index contributed by atoms with van der Waals surface area (Å²) >= 11 is 6.07. The maximum absolute atomic E-state index is 13.2. The van der Waals surface area contributed by atoms with Gasteiger partial charge in [-0.25, -0.2) is 0 Å². The van der Waals surface area contributed by atoms with E-state index in [0.717, 1.165) is 11.1 Å². The molecule has 1 atom stereocenters. The molecule has 150 valence electrons. The Morgan fingerprint density at radius 1 is 1.03 bits per heavy atom. The highest BCUT2D eigenvalue weighted by atomic mass is 35.5. The second-order valence-corrected chi connectivity index (χ2v) is 7.69. The zero-order valence-electron chi connectivity index (χ0n) is 16.5. The lowest BCUT2D eigenvalue weighted by Crippen LogP contribution is -2.30. The quantitative estimate of drug-likeness (QED) is 0.370. The lowest BCUT2D eigenvalue weighted by atomic mass is 9.95. The number of benzene rings is 2. The molecule has 0 spiro atoms. The number of amides is 1. The molecule has 1 amide bonds. The molecule has 0 radical (unpaired) electrons. The van der Waals surface area contributed by atoms with Gasteiger partial charge in [0.1, 0.15) is 5.76 Å². The summed E-state index contributed by atoms with van der Waals surface area (Å²) in [5.41, 5.74) is 3.51. The van der Waals surface area contributed by atoms with Crippen LogP contribution in [0.3, 0.4) is 0 Å². The standard InChI is InChI=1S/C24H19ClN2O3/c1-14-6-7-15(2)19(12-14)27-21(16-8-10-26-11-9-16)20(23(29)24(27)30)22(28)17-4-3-5-18(25)13-17/h3-13,21,28H,1-2H3/b22-20+. The van der Waals surface area contributed by atoms with Crippen LogP contribution in [0.5, 0.6) is 0 Å². The molecule has 1 aliphatic rings. The number of aromatic nitrogens is 1. The number of Topliss-reactive ketones (excluding diaryl/α,β-unsaturated/α-hetero) is 1. The Morgan fingerprint density at radius 3 is 2.47 bits per heavy atom. The van der Waals surface area contributed by atoms with Gasteiger partial charge in [-0.15, -0.1) is 0 Å². The van der Waals surface area contributed by atoms with Crippen LogP contribution in [-0.4, -0.2) is 21.8 Å². The molecule has 1 aliphatic heterocycles. The van der Waals surface area contributed by atoms with E-state index in [0.29, 0.717) is 21.8 Å². The summed E-state index contributed by atoms with van der Waals surface area (Å²) < 4.78 is 0. The number of hydrogen-bond acceptors (Lipinski definition) is 4. The van der Waals surface area contributed by atoms with Crippen LogP contribution in [0.15, 0.2) is 72.6 Å². The molecule has 30 heavy (non-hydrogen) atoms. The molecular formula is C24H19ClN2O3. The number of halogens is 1. The number of carbonyl (C=O) groups excluding carboxylic acids is 2. The third kappa shape index (κ3) is 3.37. The van der Waals surface area contributed by atoms with Crippen molar-refractivity contribution in [1.82, 2.24) is 4.98 Å². The van der Waals surface area contributed by atoms with E-state index in [2.05, 4.69) is 4.98 Å². The number of carbonyl (C=O) groups is 2. The summed E-state index contributed by atoms with van der Waals surface area (Å²) in [5.74, 6) is -1.69. The van der Waals surface area contributed by atoms with Gasteiger partial charge in [-0.1, -0.05) is 35.9 Å². The highest BCUT2D eigenvalue weighted by molar-refractivity contribution is 6.51. The largest absolute Gasteiger partial charge is 0.507 e. The Hall–Kier alpha value is -3.44. The van der Waals surface area contributed by atoms with Gasteiger partial charge in [-0.2, -0.15) is 0 Å². The van der Waals surface area contributed by atoms with E-state index in [4.69, 9.17) is 11.6 Å². The SMILES string of the molecule is Cc1ccc(C)c(N2C(=O)C(=O)/C(=C(/O)c3cccc(Cl)c3)C2c2ccncc2)c1. The second-order valence-electron chi connectivity index (χ2n) is 7.25. The molecule has 0 saturated carbocycles. The molecule has 2 aromatic carbocycles. The highest BCUT2D eigenvalue weighted by Gasteiger charge is 2.47. The van der Waals surface area contributed by atoms with Gasteiger partial charge in [-0.3, -0.25) is 19.5 Å². The molecule has 3 aromatic rings. The predicted octanol–water partition coefficient (Wildman–Crippen LogP) is 4.98. The van der Waals surface area contributed by atoms with Crippen molar-refractivity contribution in [2.24, 2.45) is 0 Å². The van der Waals surface area contributed by atoms with Gasteiger partial charge in [0.2, 0.25) is 0 Å². The Bertz CT molecular complexity index is 1190. The number of aliphatic hydroxyl groups excluding tert-OH is 1. The Morgan fingerprint density at radius 2 is 1.77 bits per heavy atom. The van der Waals surface area contributed by atoms with Crippen LogP contribution in [0.2, 0.25) is 5.02 Å². The fourth-order valence-electron chi connectivity index (χ4n) is 3.71.